The molecule has 0 bridgehead atoms. The molecule has 1 atom stereocenters. The van der Waals surface area contributed by atoms with E-state index in [1.807, 2.05) is 36.4 Å². The molecule has 0 saturated carbocycles. The van der Waals surface area contributed by atoms with Gasteiger partial charge in [-0.05, 0) is 73.1 Å². The van der Waals surface area contributed by atoms with Crippen LogP contribution >= 0.6 is 23.2 Å². The molecule has 1 heterocycles. The zero-order valence-electron chi connectivity index (χ0n) is 11.8. The number of benzene rings is 2. The van der Waals surface area contributed by atoms with E-state index in [9.17, 15) is 0 Å². The normalized spacial score (nSPS) is 17.1. The first-order valence-corrected chi connectivity index (χ1v) is 8.12. The Morgan fingerprint density at radius 2 is 1.90 bits per heavy atom. The molecule has 0 aromatic heterocycles. The van der Waals surface area contributed by atoms with E-state index in [2.05, 4.69) is 6.07 Å². The largest absolute Gasteiger partial charge is 0.493 e. The third kappa shape index (κ3) is 3.93. The summed E-state index contributed by atoms with van der Waals surface area (Å²) in [5.74, 6) is 1.57. The average molecular weight is 321 g/mol. The van der Waals surface area contributed by atoms with Gasteiger partial charge in [0.1, 0.15) is 5.75 Å². The fourth-order valence-electron chi connectivity index (χ4n) is 2.90. The maximum atomic E-state index is 6.06. The molecule has 3 heteroatoms. The number of ether oxygens (including phenoxy) is 1. The summed E-state index contributed by atoms with van der Waals surface area (Å²) in [6, 6.07) is 14.0. The molecule has 1 unspecified atom stereocenters. The second kappa shape index (κ2) is 6.72. The van der Waals surface area contributed by atoms with E-state index in [1.54, 1.807) is 0 Å². The predicted molar refractivity (Wildman–Crippen MR) is 88.5 cm³/mol. The summed E-state index contributed by atoms with van der Waals surface area (Å²) in [5.41, 5.74) is 2.55. The highest BCUT2D eigenvalue weighted by molar-refractivity contribution is 6.30. The molecule has 2 aromatic carbocycles. The van der Waals surface area contributed by atoms with Crippen molar-refractivity contribution in [3.63, 3.8) is 0 Å². The fraction of sp³-hybridized carbons (Fsp3) is 0.333. The molecule has 0 saturated heterocycles. The van der Waals surface area contributed by atoms with Crippen molar-refractivity contribution in [2.24, 2.45) is 5.92 Å². The van der Waals surface area contributed by atoms with E-state index >= 15 is 0 Å². The van der Waals surface area contributed by atoms with Crippen LogP contribution in [0.15, 0.2) is 42.5 Å². The van der Waals surface area contributed by atoms with Crippen molar-refractivity contribution in [2.45, 2.75) is 25.7 Å². The molecule has 0 aliphatic carbocycles. The Morgan fingerprint density at radius 3 is 2.76 bits per heavy atom. The highest BCUT2D eigenvalue weighted by atomic mass is 35.5. The summed E-state index contributed by atoms with van der Waals surface area (Å²) in [7, 11) is 0. The highest BCUT2D eigenvalue weighted by Gasteiger charge is 2.19. The molecular formula is C18H18Cl2O. The second-order valence-electron chi connectivity index (χ2n) is 5.66. The molecule has 1 aliphatic heterocycles. The van der Waals surface area contributed by atoms with Gasteiger partial charge in [0.05, 0.1) is 6.61 Å². The number of halogens is 2. The molecule has 2 aromatic rings. The standard InChI is InChI=1S/C18H18Cl2O/c19-16-6-2-4-13(10-16)3-1-5-14-9-15-11-17(20)7-8-18(15)21-12-14/h2,4,6-8,10-11,14H,1,3,5,9,12H2. The van der Waals surface area contributed by atoms with Gasteiger partial charge in [-0.15, -0.1) is 0 Å². The van der Waals surface area contributed by atoms with Gasteiger partial charge >= 0.3 is 0 Å². The minimum Gasteiger partial charge on any atom is -0.493 e. The van der Waals surface area contributed by atoms with E-state index in [0.29, 0.717) is 5.92 Å². The van der Waals surface area contributed by atoms with Crippen LogP contribution in [0.1, 0.15) is 24.0 Å². The van der Waals surface area contributed by atoms with Crippen molar-refractivity contribution in [3.8, 4) is 5.75 Å². The third-order valence-electron chi connectivity index (χ3n) is 3.97. The average Bonchev–Trinajstić information content (AvgIpc) is 2.47. The third-order valence-corrected chi connectivity index (χ3v) is 4.44. The number of hydrogen-bond acceptors (Lipinski definition) is 1. The van der Waals surface area contributed by atoms with Crippen LogP contribution in [0.5, 0.6) is 5.75 Å². The lowest BCUT2D eigenvalue weighted by Gasteiger charge is -2.25. The Balaban J connectivity index is 1.53. The van der Waals surface area contributed by atoms with Gasteiger partial charge in [-0.1, -0.05) is 35.3 Å². The maximum Gasteiger partial charge on any atom is 0.122 e. The fourth-order valence-corrected chi connectivity index (χ4v) is 3.31. The first-order valence-electron chi connectivity index (χ1n) is 7.36. The lowest BCUT2D eigenvalue weighted by molar-refractivity contribution is 0.212. The summed E-state index contributed by atoms with van der Waals surface area (Å²) in [6.45, 7) is 0.810. The molecule has 3 rings (SSSR count). The molecule has 0 radical (unpaired) electrons. The molecule has 0 spiro atoms. The van der Waals surface area contributed by atoms with Crippen LogP contribution < -0.4 is 4.74 Å². The number of aryl methyl sites for hydroxylation is 1. The van der Waals surface area contributed by atoms with Crippen LogP contribution in [0.3, 0.4) is 0 Å². The van der Waals surface area contributed by atoms with E-state index in [0.717, 1.165) is 41.7 Å². The first kappa shape index (κ1) is 14.7. The van der Waals surface area contributed by atoms with Crippen molar-refractivity contribution in [2.75, 3.05) is 6.61 Å². The molecule has 1 nitrogen and oxygen atoms in total. The van der Waals surface area contributed by atoms with Gasteiger partial charge < -0.3 is 4.74 Å². The van der Waals surface area contributed by atoms with Gasteiger partial charge in [0.15, 0.2) is 0 Å². The Labute approximate surface area is 135 Å². The van der Waals surface area contributed by atoms with Crippen molar-refractivity contribution < 1.29 is 4.74 Å². The molecule has 21 heavy (non-hydrogen) atoms. The number of rotatable bonds is 4. The predicted octanol–water partition coefficient (Wildman–Crippen LogP) is 5.57. The van der Waals surface area contributed by atoms with Gasteiger partial charge in [0, 0.05) is 10.0 Å². The van der Waals surface area contributed by atoms with Gasteiger partial charge in [-0.25, -0.2) is 0 Å². The summed E-state index contributed by atoms with van der Waals surface area (Å²) < 4.78 is 5.83. The lowest BCUT2D eigenvalue weighted by atomic mass is 9.91. The number of fused-ring (bicyclic) bond motifs is 1. The topological polar surface area (TPSA) is 9.23 Å². The first-order chi connectivity index (χ1) is 10.2. The number of hydrogen-bond donors (Lipinski definition) is 0. The maximum absolute atomic E-state index is 6.06. The van der Waals surface area contributed by atoms with Crippen LogP contribution in [0, 0.1) is 5.92 Å². The molecule has 110 valence electrons. The summed E-state index contributed by atoms with van der Waals surface area (Å²) in [5, 5.41) is 1.61. The van der Waals surface area contributed by atoms with Gasteiger partial charge in [-0.2, -0.15) is 0 Å². The van der Waals surface area contributed by atoms with Crippen LogP contribution in [0.2, 0.25) is 10.0 Å². The molecule has 0 amide bonds. The smallest absolute Gasteiger partial charge is 0.122 e. The van der Waals surface area contributed by atoms with E-state index in [1.165, 1.54) is 17.5 Å². The van der Waals surface area contributed by atoms with E-state index < -0.39 is 0 Å². The van der Waals surface area contributed by atoms with Gasteiger partial charge in [0.2, 0.25) is 0 Å². The lowest BCUT2D eigenvalue weighted by Crippen LogP contribution is -2.21. The Morgan fingerprint density at radius 1 is 1.05 bits per heavy atom. The Bertz CT molecular complexity index is 624. The van der Waals surface area contributed by atoms with E-state index in [-0.39, 0.29) is 0 Å². The Hall–Kier alpha value is -1.18. The van der Waals surface area contributed by atoms with Crippen LogP contribution in [0.4, 0.5) is 0 Å². The van der Waals surface area contributed by atoms with Crippen LogP contribution in [0.25, 0.3) is 0 Å². The van der Waals surface area contributed by atoms with Gasteiger partial charge in [0.25, 0.3) is 0 Å². The SMILES string of the molecule is Clc1cccc(CCCC2COc3ccc(Cl)cc3C2)c1. The molecule has 1 aliphatic rings. The van der Waals surface area contributed by atoms with Crippen molar-refractivity contribution >= 4 is 23.2 Å². The molecule has 0 N–H and O–H groups in total. The summed E-state index contributed by atoms with van der Waals surface area (Å²) >= 11 is 12.1. The summed E-state index contributed by atoms with van der Waals surface area (Å²) in [4.78, 5) is 0. The minimum absolute atomic E-state index is 0.579. The Kier molecular flexibility index (Phi) is 4.72. The van der Waals surface area contributed by atoms with Crippen molar-refractivity contribution in [1.82, 2.24) is 0 Å². The quantitative estimate of drug-likeness (QED) is 0.715. The van der Waals surface area contributed by atoms with Crippen molar-refractivity contribution in [3.05, 3.63) is 63.6 Å². The van der Waals surface area contributed by atoms with Gasteiger partial charge in [-0.3, -0.25) is 0 Å². The monoisotopic (exact) mass is 320 g/mol. The summed E-state index contributed by atoms with van der Waals surface area (Å²) in [6.07, 6.45) is 4.45. The molecule has 0 fully saturated rings. The van der Waals surface area contributed by atoms with E-state index in [4.69, 9.17) is 27.9 Å². The van der Waals surface area contributed by atoms with Crippen LogP contribution in [-0.2, 0) is 12.8 Å². The zero-order valence-corrected chi connectivity index (χ0v) is 13.3. The van der Waals surface area contributed by atoms with Crippen LogP contribution in [-0.4, -0.2) is 6.61 Å². The minimum atomic E-state index is 0.579. The highest BCUT2D eigenvalue weighted by Crippen LogP contribution is 2.31. The molecular weight excluding hydrogens is 303 g/mol. The second-order valence-corrected chi connectivity index (χ2v) is 6.53. The zero-order chi connectivity index (χ0) is 14.7. The van der Waals surface area contributed by atoms with Crippen molar-refractivity contribution in [1.29, 1.82) is 0 Å².